The van der Waals surface area contributed by atoms with Gasteiger partial charge in [-0.15, -0.1) is 0 Å². The summed E-state index contributed by atoms with van der Waals surface area (Å²) in [5, 5.41) is 8.98. The standard InChI is InChI=1S/C14H25N3O3/c1-3-15-6-7-16(8-11(15)2)14(20)17(10-13(18)19)9-12-4-5-12/h11-12H,3-10H2,1-2H3,(H,18,19). The molecule has 114 valence electrons. The highest BCUT2D eigenvalue weighted by Gasteiger charge is 2.32. The zero-order valence-electron chi connectivity index (χ0n) is 12.4. The number of carbonyl (C=O) groups excluding carboxylic acids is 1. The highest BCUT2D eigenvalue weighted by Crippen LogP contribution is 2.30. The summed E-state index contributed by atoms with van der Waals surface area (Å²) in [6, 6.07) is 0.229. The molecule has 6 nitrogen and oxygen atoms in total. The Morgan fingerprint density at radius 2 is 2.00 bits per heavy atom. The van der Waals surface area contributed by atoms with Crippen molar-refractivity contribution in [2.45, 2.75) is 32.7 Å². The Kier molecular flexibility index (Phi) is 4.86. The molecule has 2 amide bonds. The van der Waals surface area contributed by atoms with Gasteiger partial charge in [0, 0.05) is 32.2 Å². The Morgan fingerprint density at radius 1 is 1.30 bits per heavy atom. The Balaban J connectivity index is 1.94. The number of hydrogen-bond donors (Lipinski definition) is 1. The van der Waals surface area contributed by atoms with E-state index < -0.39 is 5.97 Å². The predicted octanol–water partition coefficient (Wildman–Crippen LogP) is 0.929. The molecule has 6 heteroatoms. The number of carbonyl (C=O) groups is 2. The molecule has 0 radical (unpaired) electrons. The van der Waals surface area contributed by atoms with Crippen molar-refractivity contribution < 1.29 is 14.7 Å². The van der Waals surface area contributed by atoms with E-state index >= 15 is 0 Å². The molecule has 0 aromatic carbocycles. The summed E-state index contributed by atoms with van der Waals surface area (Å²) in [6.45, 7) is 7.89. The summed E-state index contributed by atoms with van der Waals surface area (Å²) in [5.74, 6) is -0.424. The number of rotatable bonds is 5. The molecule has 0 aromatic rings. The highest BCUT2D eigenvalue weighted by atomic mass is 16.4. The molecule has 0 bridgehead atoms. The second-order valence-electron chi connectivity index (χ2n) is 5.92. The van der Waals surface area contributed by atoms with Crippen LogP contribution in [0.2, 0.25) is 0 Å². The zero-order chi connectivity index (χ0) is 14.7. The average Bonchev–Trinajstić information content (AvgIpc) is 3.20. The van der Waals surface area contributed by atoms with E-state index in [1.165, 1.54) is 4.90 Å². The molecule has 1 aliphatic heterocycles. The van der Waals surface area contributed by atoms with Gasteiger partial charge in [0.1, 0.15) is 6.54 Å². The fraction of sp³-hybridized carbons (Fsp3) is 0.857. The number of carboxylic acid groups (broad SMARTS) is 1. The number of piperazine rings is 1. The summed E-state index contributed by atoms with van der Waals surface area (Å²) in [4.78, 5) is 29.1. The van der Waals surface area contributed by atoms with Crippen LogP contribution in [0.5, 0.6) is 0 Å². The summed E-state index contributed by atoms with van der Waals surface area (Å²) < 4.78 is 0. The van der Waals surface area contributed by atoms with E-state index in [-0.39, 0.29) is 12.6 Å². The third-order valence-corrected chi connectivity index (χ3v) is 4.21. The van der Waals surface area contributed by atoms with Crippen LogP contribution in [0.4, 0.5) is 4.79 Å². The fourth-order valence-electron chi connectivity index (χ4n) is 2.82. The van der Waals surface area contributed by atoms with Crippen LogP contribution in [0.1, 0.15) is 26.7 Å². The van der Waals surface area contributed by atoms with Crippen LogP contribution < -0.4 is 0 Å². The highest BCUT2D eigenvalue weighted by molar-refractivity contribution is 5.80. The molecule has 1 atom stereocenters. The van der Waals surface area contributed by atoms with Gasteiger partial charge in [0.05, 0.1) is 0 Å². The molecule has 2 aliphatic rings. The maximum atomic E-state index is 12.5. The lowest BCUT2D eigenvalue weighted by molar-refractivity contribution is -0.137. The van der Waals surface area contributed by atoms with Crippen molar-refractivity contribution in [3.05, 3.63) is 0 Å². The van der Waals surface area contributed by atoms with Gasteiger partial charge in [-0.25, -0.2) is 4.79 Å². The molecule has 1 unspecified atom stereocenters. The van der Waals surface area contributed by atoms with Gasteiger partial charge < -0.3 is 14.9 Å². The van der Waals surface area contributed by atoms with Gasteiger partial charge in [-0.05, 0) is 32.2 Å². The van der Waals surface area contributed by atoms with E-state index in [0.29, 0.717) is 31.6 Å². The van der Waals surface area contributed by atoms with E-state index in [9.17, 15) is 9.59 Å². The predicted molar refractivity (Wildman–Crippen MR) is 75.6 cm³/mol. The minimum atomic E-state index is -0.931. The van der Waals surface area contributed by atoms with Crippen molar-refractivity contribution in [3.63, 3.8) is 0 Å². The largest absolute Gasteiger partial charge is 0.480 e. The number of hydrogen-bond acceptors (Lipinski definition) is 3. The molecule has 1 N–H and O–H groups in total. The van der Waals surface area contributed by atoms with Crippen LogP contribution >= 0.6 is 0 Å². The van der Waals surface area contributed by atoms with Crippen LogP contribution in [0.25, 0.3) is 0 Å². The third kappa shape index (κ3) is 3.85. The van der Waals surface area contributed by atoms with Gasteiger partial charge in [0.15, 0.2) is 0 Å². The number of nitrogens with zero attached hydrogens (tertiary/aromatic N) is 3. The molecule has 2 rings (SSSR count). The van der Waals surface area contributed by atoms with E-state index in [1.807, 2.05) is 4.90 Å². The Hall–Kier alpha value is -1.30. The monoisotopic (exact) mass is 283 g/mol. The minimum absolute atomic E-state index is 0.109. The number of urea groups is 1. The van der Waals surface area contributed by atoms with E-state index in [1.54, 1.807) is 0 Å². The Morgan fingerprint density at radius 3 is 2.50 bits per heavy atom. The lowest BCUT2D eigenvalue weighted by Gasteiger charge is -2.41. The Bertz CT molecular complexity index is 371. The minimum Gasteiger partial charge on any atom is -0.480 e. The molecular weight excluding hydrogens is 258 g/mol. The second kappa shape index (κ2) is 6.43. The number of carboxylic acids is 1. The van der Waals surface area contributed by atoms with Crippen molar-refractivity contribution in [3.8, 4) is 0 Å². The third-order valence-electron chi connectivity index (χ3n) is 4.21. The molecule has 0 spiro atoms. The Labute approximate surface area is 120 Å². The lowest BCUT2D eigenvalue weighted by atomic mass is 10.2. The van der Waals surface area contributed by atoms with E-state index in [2.05, 4.69) is 18.7 Å². The summed E-state index contributed by atoms with van der Waals surface area (Å²) in [6.07, 6.45) is 2.23. The second-order valence-corrected chi connectivity index (χ2v) is 5.92. The van der Waals surface area contributed by atoms with E-state index in [0.717, 1.165) is 25.9 Å². The lowest BCUT2D eigenvalue weighted by Crippen LogP contribution is -2.57. The molecule has 1 aliphatic carbocycles. The van der Waals surface area contributed by atoms with Gasteiger partial charge in [-0.1, -0.05) is 6.92 Å². The summed E-state index contributed by atoms with van der Waals surface area (Å²) in [7, 11) is 0. The van der Waals surface area contributed by atoms with Gasteiger partial charge >= 0.3 is 12.0 Å². The fourth-order valence-corrected chi connectivity index (χ4v) is 2.82. The topological polar surface area (TPSA) is 64.1 Å². The van der Waals surface area contributed by atoms with E-state index in [4.69, 9.17) is 5.11 Å². The van der Waals surface area contributed by atoms with Crippen LogP contribution in [-0.2, 0) is 4.79 Å². The van der Waals surface area contributed by atoms with Crippen molar-refractivity contribution in [2.24, 2.45) is 5.92 Å². The molecule has 1 saturated heterocycles. The number of likely N-dealkylation sites (N-methyl/N-ethyl adjacent to an activating group) is 1. The van der Waals surface area contributed by atoms with Crippen LogP contribution in [0.15, 0.2) is 0 Å². The zero-order valence-corrected chi connectivity index (χ0v) is 12.4. The first-order valence-corrected chi connectivity index (χ1v) is 7.51. The normalized spacial score (nSPS) is 23.7. The van der Waals surface area contributed by atoms with Gasteiger partial charge in [-0.3, -0.25) is 9.69 Å². The van der Waals surface area contributed by atoms with Crippen molar-refractivity contribution in [2.75, 3.05) is 39.3 Å². The van der Waals surface area contributed by atoms with Gasteiger partial charge in [-0.2, -0.15) is 0 Å². The smallest absolute Gasteiger partial charge is 0.323 e. The molecule has 1 heterocycles. The van der Waals surface area contributed by atoms with Crippen molar-refractivity contribution in [1.82, 2.24) is 14.7 Å². The quantitative estimate of drug-likeness (QED) is 0.815. The first-order chi connectivity index (χ1) is 9.51. The molecule has 20 heavy (non-hydrogen) atoms. The molecular formula is C14H25N3O3. The van der Waals surface area contributed by atoms with Crippen LogP contribution in [0, 0.1) is 5.92 Å². The van der Waals surface area contributed by atoms with Crippen molar-refractivity contribution in [1.29, 1.82) is 0 Å². The summed E-state index contributed by atoms with van der Waals surface area (Å²) in [5.41, 5.74) is 0. The van der Waals surface area contributed by atoms with Gasteiger partial charge in [0.25, 0.3) is 0 Å². The summed E-state index contributed by atoms with van der Waals surface area (Å²) >= 11 is 0. The van der Waals surface area contributed by atoms with Gasteiger partial charge in [0.2, 0.25) is 0 Å². The first-order valence-electron chi connectivity index (χ1n) is 7.51. The number of aliphatic carboxylic acids is 1. The molecule has 0 aromatic heterocycles. The average molecular weight is 283 g/mol. The maximum absolute atomic E-state index is 12.5. The first kappa shape index (κ1) is 15.1. The molecule has 1 saturated carbocycles. The van der Waals surface area contributed by atoms with Crippen LogP contribution in [-0.4, -0.2) is 77.1 Å². The molecule has 2 fully saturated rings. The van der Waals surface area contributed by atoms with Crippen LogP contribution in [0.3, 0.4) is 0 Å². The SMILES string of the molecule is CCN1CCN(C(=O)N(CC(=O)O)CC2CC2)CC1C. The number of amides is 2. The van der Waals surface area contributed by atoms with Crippen molar-refractivity contribution >= 4 is 12.0 Å². The maximum Gasteiger partial charge on any atom is 0.323 e.